The number of nitrogens with zero attached hydrogens (tertiary/aromatic N) is 2. The van der Waals surface area contributed by atoms with Gasteiger partial charge in [-0.3, -0.25) is 0 Å². The lowest BCUT2D eigenvalue weighted by Gasteiger charge is -2.24. The molecule has 1 atom stereocenters. The Kier molecular flexibility index (Phi) is 4.53. The van der Waals surface area contributed by atoms with E-state index >= 15 is 0 Å². The molecule has 0 spiro atoms. The average molecular weight is 324 g/mol. The van der Waals surface area contributed by atoms with Gasteiger partial charge in [-0.25, -0.2) is 4.68 Å². The Bertz CT molecular complexity index is 636. The molecular formula is C16H19Cl2N3. The Morgan fingerprint density at radius 2 is 2.24 bits per heavy atom. The van der Waals surface area contributed by atoms with Crippen LogP contribution in [0.1, 0.15) is 43.5 Å². The smallest absolute Gasteiger partial charge is 0.0836 e. The minimum atomic E-state index is 0.411. The van der Waals surface area contributed by atoms with E-state index in [9.17, 15) is 0 Å². The summed E-state index contributed by atoms with van der Waals surface area (Å²) >= 11 is 12.3. The molecule has 1 N–H and O–H groups in total. The highest BCUT2D eigenvalue weighted by Gasteiger charge is 2.24. The summed E-state index contributed by atoms with van der Waals surface area (Å²) in [7, 11) is 0. The van der Waals surface area contributed by atoms with Crippen LogP contribution in [0, 0.1) is 0 Å². The van der Waals surface area contributed by atoms with Crippen LogP contribution in [0.15, 0.2) is 24.4 Å². The van der Waals surface area contributed by atoms with Gasteiger partial charge in [-0.2, -0.15) is 5.10 Å². The summed E-state index contributed by atoms with van der Waals surface area (Å²) in [6, 6.07) is 5.96. The molecule has 1 aromatic carbocycles. The zero-order valence-corrected chi connectivity index (χ0v) is 13.6. The highest BCUT2D eigenvalue weighted by Crippen LogP contribution is 2.33. The van der Waals surface area contributed by atoms with Gasteiger partial charge in [0.1, 0.15) is 0 Å². The lowest BCUT2D eigenvalue weighted by atomic mass is 9.93. The van der Waals surface area contributed by atoms with Crippen molar-refractivity contribution in [1.29, 1.82) is 0 Å². The van der Waals surface area contributed by atoms with Gasteiger partial charge in [-0.15, -0.1) is 0 Å². The number of fused-ring (bicyclic) bond motifs is 1. The summed E-state index contributed by atoms with van der Waals surface area (Å²) in [5.74, 6) is 0. The minimum absolute atomic E-state index is 0.411. The number of halogens is 2. The lowest BCUT2D eigenvalue weighted by molar-refractivity contribution is 0.456. The van der Waals surface area contributed by atoms with Crippen molar-refractivity contribution in [2.75, 3.05) is 6.54 Å². The number of hydrogen-bond donors (Lipinski definition) is 1. The number of aromatic nitrogens is 2. The monoisotopic (exact) mass is 323 g/mol. The molecule has 0 bridgehead atoms. The molecule has 0 saturated heterocycles. The van der Waals surface area contributed by atoms with Gasteiger partial charge in [0.25, 0.3) is 0 Å². The Hall–Kier alpha value is -1.03. The van der Waals surface area contributed by atoms with Crippen LogP contribution in [0.4, 0.5) is 0 Å². The second-order valence-electron chi connectivity index (χ2n) is 5.45. The third-order valence-electron chi connectivity index (χ3n) is 3.96. The van der Waals surface area contributed by atoms with E-state index in [1.54, 1.807) is 6.07 Å². The fraction of sp³-hybridized carbons (Fsp3) is 0.438. The Morgan fingerprint density at radius 1 is 1.38 bits per heavy atom. The van der Waals surface area contributed by atoms with Crippen molar-refractivity contribution in [3.8, 4) is 5.69 Å². The third kappa shape index (κ3) is 2.96. The standard InChI is InChI=1S/C16H19Cl2N3/c1-2-8-19-14-4-3-5-15-12(14)10-20-21(15)16-7-6-11(17)9-13(16)18/h6-7,9-10,14,19H,2-5,8H2,1H3. The Labute approximate surface area is 135 Å². The maximum absolute atomic E-state index is 6.32. The second kappa shape index (κ2) is 6.39. The van der Waals surface area contributed by atoms with Crippen LogP contribution in [0.25, 0.3) is 5.69 Å². The lowest BCUT2D eigenvalue weighted by Crippen LogP contribution is -2.25. The molecule has 21 heavy (non-hydrogen) atoms. The van der Waals surface area contributed by atoms with Gasteiger partial charge in [0.05, 0.1) is 16.9 Å². The molecule has 0 aliphatic heterocycles. The van der Waals surface area contributed by atoms with E-state index in [-0.39, 0.29) is 0 Å². The van der Waals surface area contributed by atoms with Gasteiger partial charge in [-0.05, 0) is 50.4 Å². The number of hydrogen-bond acceptors (Lipinski definition) is 2. The van der Waals surface area contributed by atoms with E-state index in [0.717, 1.165) is 25.1 Å². The van der Waals surface area contributed by atoms with E-state index in [2.05, 4.69) is 17.3 Å². The molecule has 0 saturated carbocycles. The van der Waals surface area contributed by atoms with Crippen molar-refractivity contribution < 1.29 is 0 Å². The van der Waals surface area contributed by atoms with Gasteiger partial charge in [0.15, 0.2) is 0 Å². The van der Waals surface area contributed by atoms with Gasteiger partial charge in [0.2, 0.25) is 0 Å². The van der Waals surface area contributed by atoms with Crippen molar-refractivity contribution in [2.45, 2.75) is 38.6 Å². The van der Waals surface area contributed by atoms with E-state index in [4.69, 9.17) is 23.2 Å². The molecule has 1 aromatic heterocycles. The first-order chi connectivity index (χ1) is 10.2. The largest absolute Gasteiger partial charge is 0.310 e. The molecule has 0 fully saturated rings. The first-order valence-electron chi connectivity index (χ1n) is 7.46. The molecule has 112 valence electrons. The normalized spacial score (nSPS) is 17.8. The molecule has 1 unspecified atom stereocenters. The summed E-state index contributed by atoms with van der Waals surface area (Å²) in [4.78, 5) is 0. The molecule has 0 radical (unpaired) electrons. The molecular weight excluding hydrogens is 305 g/mol. The maximum atomic E-state index is 6.32. The Morgan fingerprint density at radius 3 is 3.00 bits per heavy atom. The SMILES string of the molecule is CCCNC1CCCc2c1cnn2-c1ccc(Cl)cc1Cl. The van der Waals surface area contributed by atoms with Crippen LogP contribution in [0.3, 0.4) is 0 Å². The molecule has 2 aromatic rings. The van der Waals surface area contributed by atoms with Crippen LogP contribution < -0.4 is 5.32 Å². The highest BCUT2D eigenvalue weighted by atomic mass is 35.5. The van der Waals surface area contributed by atoms with Crippen molar-refractivity contribution >= 4 is 23.2 Å². The van der Waals surface area contributed by atoms with Crippen molar-refractivity contribution in [2.24, 2.45) is 0 Å². The van der Waals surface area contributed by atoms with Crippen molar-refractivity contribution in [3.05, 3.63) is 45.7 Å². The van der Waals surface area contributed by atoms with Crippen molar-refractivity contribution in [3.63, 3.8) is 0 Å². The molecule has 1 aliphatic carbocycles. The molecule has 3 nitrogen and oxygen atoms in total. The summed E-state index contributed by atoms with van der Waals surface area (Å²) < 4.78 is 1.97. The number of rotatable bonds is 4. The molecule has 5 heteroatoms. The van der Waals surface area contributed by atoms with Crippen LogP contribution in [0.2, 0.25) is 10.0 Å². The van der Waals surface area contributed by atoms with Gasteiger partial charge >= 0.3 is 0 Å². The van der Waals surface area contributed by atoms with Crippen LogP contribution >= 0.6 is 23.2 Å². The fourth-order valence-electron chi connectivity index (χ4n) is 2.95. The van der Waals surface area contributed by atoms with E-state index in [1.165, 1.54) is 24.1 Å². The first kappa shape index (κ1) is 14.9. The second-order valence-corrected chi connectivity index (χ2v) is 6.30. The van der Waals surface area contributed by atoms with Crippen LogP contribution in [0.5, 0.6) is 0 Å². The van der Waals surface area contributed by atoms with Gasteiger partial charge in [0, 0.05) is 22.3 Å². The van der Waals surface area contributed by atoms with E-state index < -0.39 is 0 Å². The Balaban J connectivity index is 1.97. The average Bonchev–Trinajstić information content (AvgIpc) is 2.89. The van der Waals surface area contributed by atoms with E-state index in [1.807, 2.05) is 23.0 Å². The third-order valence-corrected chi connectivity index (χ3v) is 4.50. The summed E-state index contributed by atoms with van der Waals surface area (Å²) in [5.41, 5.74) is 3.47. The summed E-state index contributed by atoms with van der Waals surface area (Å²) in [5, 5.41) is 9.46. The first-order valence-corrected chi connectivity index (χ1v) is 8.22. The number of nitrogens with one attached hydrogen (secondary N) is 1. The zero-order chi connectivity index (χ0) is 14.8. The van der Waals surface area contributed by atoms with Gasteiger partial charge < -0.3 is 5.32 Å². The van der Waals surface area contributed by atoms with Crippen LogP contribution in [-0.4, -0.2) is 16.3 Å². The molecule has 1 aliphatic rings. The van der Waals surface area contributed by atoms with Crippen LogP contribution in [-0.2, 0) is 6.42 Å². The fourth-order valence-corrected chi connectivity index (χ4v) is 3.44. The predicted octanol–water partition coefficient (Wildman–Crippen LogP) is 4.56. The maximum Gasteiger partial charge on any atom is 0.0836 e. The van der Waals surface area contributed by atoms with Crippen molar-refractivity contribution in [1.82, 2.24) is 15.1 Å². The highest BCUT2D eigenvalue weighted by molar-refractivity contribution is 6.35. The molecule has 0 amide bonds. The van der Waals surface area contributed by atoms with Gasteiger partial charge in [-0.1, -0.05) is 30.1 Å². The summed E-state index contributed by atoms with van der Waals surface area (Å²) in [6.07, 6.45) is 6.51. The van der Waals surface area contributed by atoms with E-state index in [0.29, 0.717) is 16.1 Å². The predicted molar refractivity (Wildman–Crippen MR) is 87.6 cm³/mol. The quantitative estimate of drug-likeness (QED) is 0.894. The summed E-state index contributed by atoms with van der Waals surface area (Å²) in [6.45, 7) is 3.23. The minimum Gasteiger partial charge on any atom is -0.310 e. The number of benzene rings is 1. The molecule has 3 rings (SSSR count). The molecule has 1 heterocycles. The topological polar surface area (TPSA) is 29.9 Å². The zero-order valence-electron chi connectivity index (χ0n) is 12.1.